The lowest BCUT2D eigenvalue weighted by Gasteiger charge is -2.15. The van der Waals surface area contributed by atoms with Crippen molar-refractivity contribution in [2.75, 3.05) is 17.5 Å². The molecule has 0 fully saturated rings. The fourth-order valence-electron chi connectivity index (χ4n) is 2.36. The van der Waals surface area contributed by atoms with E-state index in [0.717, 1.165) is 21.1 Å². The topological polar surface area (TPSA) is 76.1 Å². The summed E-state index contributed by atoms with van der Waals surface area (Å²) in [5, 5.41) is 6.94. The first-order valence-corrected chi connectivity index (χ1v) is 10.1. The van der Waals surface area contributed by atoms with E-state index in [4.69, 9.17) is 4.52 Å². The fourth-order valence-corrected chi connectivity index (χ4v) is 3.76. The molecule has 0 radical (unpaired) electrons. The Labute approximate surface area is 159 Å². The van der Waals surface area contributed by atoms with E-state index in [1.54, 1.807) is 6.07 Å². The van der Waals surface area contributed by atoms with Crippen LogP contribution >= 0.6 is 23.4 Å². The smallest absolute Gasteiger partial charge is 0.324 e. The summed E-state index contributed by atoms with van der Waals surface area (Å²) in [6.07, 6.45) is 1.50. The summed E-state index contributed by atoms with van der Waals surface area (Å²) >= 11 is 3.45. The summed E-state index contributed by atoms with van der Waals surface area (Å²) in [7, 11) is -1.84. The molecule has 2 aromatic carbocycles. The van der Waals surface area contributed by atoms with Gasteiger partial charge < -0.3 is 14.9 Å². The Morgan fingerprint density at radius 1 is 1.23 bits per heavy atom. The van der Waals surface area contributed by atoms with Gasteiger partial charge in [-0.25, -0.2) is 9.97 Å². The second kappa shape index (κ2) is 7.85. The molecule has 6 nitrogen and oxygen atoms in total. The molecule has 8 heteroatoms. The quantitative estimate of drug-likeness (QED) is 0.386. The van der Waals surface area contributed by atoms with Gasteiger partial charge in [-0.15, -0.1) is 5.73 Å². The average Bonchev–Trinajstić information content (AvgIpc) is 2.62. The minimum Gasteiger partial charge on any atom is -0.340 e. The third-order valence-corrected chi connectivity index (χ3v) is 5.67. The maximum absolute atomic E-state index is 12.6. The maximum Gasteiger partial charge on any atom is 0.324 e. The van der Waals surface area contributed by atoms with Crippen LogP contribution in [0.2, 0.25) is 0 Å². The van der Waals surface area contributed by atoms with Crippen LogP contribution in [0.4, 0.5) is 17.2 Å². The first-order chi connectivity index (χ1) is 12.5. The second-order valence-corrected chi connectivity index (χ2v) is 8.27. The molecule has 26 heavy (non-hydrogen) atoms. The first-order valence-electron chi connectivity index (χ1n) is 7.61. The molecule has 0 amide bonds. The highest BCUT2D eigenvalue weighted by Gasteiger charge is 2.17. The number of benzene rings is 2. The van der Waals surface area contributed by atoms with Gasteiger partial charge in [-0.2, -0.15) is 0 Å². The zero-order valence-corrected chi connectivity index (χ0v) is 16.4. The highest BCUT2D eigenvalue weighted by atomic mass is 79.9. The van der Waals surface area contributed by atoms with Gasteiger partial charge in [0.1, 0.15) is 12.1 Å². The van der Waals surface area contributed by atoms with Crippen LogP contribution in [0.5, 0.6) is 0 Å². The molecule has 0 saturated heterocycles. The number of aromatic nitrogens is 2. The predicted octanol–water partition coefficient (Wildman–Crippen LogP) is 5.69. The van der Waals surface area contributed by atoms with Crippen molar-refractivity contribution in [1.82, 2.24) is 9.97 Å². The van der Waals surface area contributed by atoms with E-state index in [1.807, 2.05) is 36.4 Å². The molecule has 0 aliphatic rings. The Morgan fingerprint density at radius 2 is 2.08 bits per heavy atom. The summed E-state index contributed by atoms with van der Waals surface area (Å²) in [6.45, 7) is 3.45. The summed E-state index contributed by atoms with van der Waals surface area (Å²) < 4.78 is 18.6. The van der Waals surface area contributed by atoms with Crippen LogP contribution < -0.4 is 10.4 Å². The Bertz CT molecular complexity index is 1050. The molecule has 0 saturated carbocycles. The highest BCUT2D eigenvalue weighted by molar-refractivity contribution is 9.10. The number of nitrogens with one attached hydrogen (secondary N) is 2. The van der Waals surface area contributed by atoms with Gasteiger partial charge in [0.25, 0.3) is 0 Å². The van der Waals surface area contributed by atoms with E-state index in [-0.39, 0.29) is 0 Å². The Balaban J connectivity index is 2.00. The predicted molar refractivity (Wildman–Crippen MR) is 109 cm³/mol. The van der Waals surface area contributed by atoms with Gasteiger partial charge in [0.15, 0.2) is 0 Å². The van der Waals surface area contributed by atoms with Crippen LogP contribution in [0.15, 0.2) is 71.4 Å². The van der Waals surface area contributed by atoms with Crippen LogP contribution in [-0.2, 0) is 9.09 Å². The molecule has 0 aliphatic carbocycles. The highest BCUT2D eigenvalue weighted by Crippen LogP contribution is 2.47. The normalized spacial score (nSPS) is 12.8. The minimum atomic E-state index is -3.20. The van der Waals surface area contributed by atoms with Crippen molar-refractivity contribution >= 4 is 51.5 Å². The molecule has 0 bridgehead atoms. The van der Waals surface area contributed by atoms with Crippen molar-refractivity contribution in [3.8, 4) is 0 Å². The SMILES string of the molecule is C=C=CP(=O)(Nc1ccc2ncnc(Nc3cccc(Br)c3)c2c1)OC. The fraction of sp³-hybridized carbons (Fsp3) is 0.0556. The molecular weight excluding hydrogens is 415 g/mol. The Hall–Kier alpha value is -2.43. The molecular formula is C18H16BrN4O2P. The molecule has 1 aromatic heterocycles. The first kappa shape index (κ1) is 18.4. The van der Waals surface area contributed by atoms with E-state index in [0.29, 0.717) is 11.5 Å². The standard InChI is InChI=1S/C18H16BrN4O2P/c1-3-9-26(24,25-2)23-15-7-8-17-16(11-15)18(21-12-20-17)22-14-6-4-5-13(19)10-14/h4-12H,1H2,2H3,(H,23,24)(H,20,21,22). The van der Waals surface area contributed by atoms with Crippen molar-refractivity contribution in [2.24, 2.45) is 0 Å². The van der Waals surface area contributed by atoms with Crippen LogP contribution in [0.1, 0.15) is 0 Å². The van der Waals surface area contributed by atoms with Crippen molar-refractivity contribution in [3.63, 3.8) is 0 Å². The summed E-state index contributed by atoms with van der Waals surface area (Å²) in [5.74, 6) is 1.93. The van der Waals surface area contributed by atoms with E-state index < -0.39 is 7.52 Å². The summed E-state index contributed by atoms with van der Waals surface area (Å²) in [5.41, 5.74) is 4.75. The third-order valence-electron chi connectivity index (χ3n) is 3.54. The molecule has 132 valence electrons. The van der Waals surface area contributed by atoms with Crippen molar-refractivity contribution in [1.29, 1.82) is 0 Å². The molecule has 1 unspecified atom stereocenters. The summed E-state index contributed by atoms with van der Waals surface area (Å²) in [6, 6.07) is 13.2. The molecule has 3 rings (SSSR count). The van der Waals surface area contributed by atoms with Crippen LogP contribution in [0, 0.1) is 0 Å². The van der Waals surface area contributed by atoms with Gasteiger partial charge >= 0.3 is 7.52 Å². The number of hydrogen-bond acceptors (Lipinski definition) is 5. The largest absolute Gasteiger partial charge is 0.340 e. The van der Waals surface area contributed by atoms with Crippen LogP contribution in [0.25, 0.3) is 10.9 Å². The van der Waals surface area contributed by atoms with Gasteiger partial charge in [0.05, 0.1) is 11.3 Å². The Morgan fingerprint density at radius 3 is 2.81 bits per heavy atom. The van der Waals surface area contributed by atoms with Crippen LogP contribution in [-0.4, -0.2) is 17.1 Å². The molecule has 1 atom stereocenters. The van der Waals surface area contributed by atoms with E-state index in [9.17, 15) is 4.57 Å². The molecule has 2 N–H and O–H groups in total. The zero-order valence-electron chi connectivity index (χ0n) is 13.9. The minimum absolute atomic E-state index is 0.612. The number of halogens is 1. The van der Waals surface area contributed by atoms with Crippen LogP contribution in [0.3, 0.4) is 0 Å². The number of fused-ring (bicyclic) bond motifs is 1. The maximum atomic E-state index is 12.6. The third kappa shape index (κ3) is 4.21. The number of rotatable bonds is 6. The zero-order chi connectivity index (χ0) is 18.6. The van der Waals surface area contributed by atoms with Gasteiger partial charge in [-0.1, -0.05) is 28.6 Å². The molecule has 0 spiro atoms. The lowest BCUT2D eigenvalue weighted by molar-refractivity contribution is 0.407. The van der Waals surface area contributed by atoms with E-state index >= 15 is 0 Å². The average molecular weight is 431 g/mol. The van der Waals surface area contributed by atoms with Gasteiger partial charge in [-0.05, 0) is 36.4 Å². The van der Waals surface area contributed by atoms with Gasteiger partial charge in [0.2, 0.25) is 0 Å². The molecule has 3 aromatic rings. The lowest BCUT2D eigenvalue weighted by atomic mass is 10.2. The van der Waals surface area contributed by atoms with Gasteiger partial charge in [0, 0.05) is 28.3 Å². The van der Waals surface area contributed by atoms with Crippen molar-refractivity contribution in [3.05, 3.63) is 71.4 Å². The number of nitrogens with zero attached hydrogens (tertiary/aromatic N) is 2. The van der Waals surface area contributed by atoms with Gasteiger partial charge in [-0.3, -0.25) is 4.57 Å². The van der Waals surface area contributed by atoms with Crippen molar-refractivity contribution in [2.45, 2.75) is 0 Å². The second-order valence-electron chi connectivity index (χ2n) is 5.31. The van der Waals surface area contributed by atoms with E-state index in [2.05, 4.69) is 48.6 Å². The molecule has 0 aliphatic heterocycles. The number of anilines is 3. The van der Waals surface area contributed by atoms with Crippen molar-refractivity contribution < 1.29 is 9.09 Å². The van der Waals surface area contributed by atoms with E-state index in [1.165, 1.54) is 19.3 Å². The summed E-state index contributed by atoms with van der Waals surface area (Å²) in [4.78, 5) is 8.61. The lowest BCUT2D eigenvalue weighted by Crippen LogP contribution is -1.99. The Kier molecular flexibility index (Phi) is 5.55. The number of hydrogen-bond donors (Lipinski definition) is 2. The molecule has 1 heterocycles. The monoisotopic (exact) mass is 430 g/mol.